The average Bonchev–Trinajstić information content (AvgIpc) is 3.50. The van der Waals surface area contributed by atoms with Gasteiger partial charge in [0.15, 0.2) is 0 Å². The van der Waals surface area contributed by atoms with E-state index in [0.717, 1.165) is 42.3 Å². The molecule has 3 heterocycles. The molecule has 1 saturated heterocycles. The number of benzene rings is 1. The van der Waals surface area contributed by atoms with E-state index in [4.69, 9.17) is 4.74 Å². The molecule has 2 aliphatic heterocycles. The Morgan fingerprint density at radius 2 is 2.03 bits per heavy atom. The minimum absolute atomic E-state index is 0.0325. The molecule has 1 aromatic heterocycles. The van der Waals surface area contributed by atoms with Crippen LogP contribution in [-0.2, 0) is 4.74 Å². The van der Waals surface area contributed by atoms with Gasteiger partial charge in [0.05, 0.1) is 22.8 Å². The molecule has 7 heteroatoms. The number of aliphatic hydroxyl groups excluding tert-OH is 2. The second-order valence-corrected chi connectivity index (χ2v) is 11.5. The third-order valence-corrected chi connectivity index (χ3v) is 9.73. The van der Waals surface area contributed by atoms with Gasteiger partial charge in [-0.3, -0.25) is 5.10 Å². The molecule has 3 N–H and O–H groups in total. The van der Waals surface area contributed by atoms with Gasteiger partial charge in [-0.05, 0) is 80.6 Å². The van der Waals surface area contributed by atoms with Crippen molar-refractivity contribution in [3.63, 3.8) is 0 Å². The Labute approximate surface area is 199 Å². The van der Waals surface area contributed by atoms with Crippen LogP contribution in [0.4, 0.5) is 0 Å². The number of aromatic amines is 1. The summed E-state index contributed by atoms with van der Waals surface area (Å²) in [6.45, 7) is 2.39. The Morgan fingerprint density at radius 3 is 2.85 bits per heavy atom. The van der Waals surface area contributed by atoms with Crippen molar-refractivity contribution >= 4 is 16.6 Å². The van der Waals surface area contributed by atoms with E-state index < -0.39 is 17.8 Å². The molecule has 0 radical (unpaired) electrons. The fourth-order valence-electron chi connectivity index (χ4n) is 7.96. The number of allylic oxidation sites excluding steroid dienone is 3. The van der Waals surface area contributed by atoms with Crippen LogP contribution in [0.25, 0.3) is 16.6 Å². The number of hydrogen-bond donors (Lipinski definition) is 3. The molecule has 1 saturated carbocycles. The van der Waals surface area contributed by atoms with Crippen LogP contribution in [0.15, 0.2) is 47.6 Å². The first-order valence-electron chi connectivity index (χ1n) is 12.4. The quantitative estimate of drug-likeness (QED) is 0.638. The fourth-order valence-corrected chi connectivity index (χ4v) is 7.96. The van der Waals surface area contributed by atoms with Crippen LogP contribution >= 0.6 is 0 Å². The largest absolute Gasteiger partial charge is 0.388 e. The van der Waals surface area contributed by atoms with Crippen LogP contribution in [-0.4, -0.2) is 74.1 Å². The van der Waals surface area contributed by atoms with Gasteiger partial charge < -0.3 is 19.8 Å². The summed E-state index contributed by atoms with van der Waals surface area (Å²) in [6, 6.07) is 6.25. The average molecular weight is 461 g/mol. The van der Waals surface area contributed by atoms with Crippen molar-refractivity contribution in [1.82, 2.24) is 20.3 Å². The minimum atomic E-state index is -0.890. The Balaban J connectivity index is 1.30. The lowest BCUT2D eigenvalue weighted by atomic mass is 9.58. The number of rotatable bonds is 2. The summed E-state index contributed by atoms with van der Waals surface area (Å²) < 4.78 is 7.21. The molecule has 3 aliphatic carbocycles. The topological polar surface area (TPSA) is 94.5 Å². The van der Waals surface area contributed by atoms with Gasteiger partial charge >= 0.3 is 0 Å². The zero-order chi connectivity index (χ0) is 23.5. The van der Waals surface area contributed by atoms with E-state index in [-0.39, 0.29) is 17.1 Å². The highest BCUT2D eigenvalue weighted by Crippen LogP contribution is 2.67. The minimum Gasteiger partial charge on any atom is -0.388 e. The summed E-state index contributed by atoms with van der Waals surface area (Å²) in [5.74, 6) is 0.338. The Morgan fingerprint density at radius 1 is 1.18 bits per heavy atom. The Bertz CT molecular complexity index is 1290. The summed E-state index contributed by atoms with van der Waals surface area (Å²) >= 11 is 0. The number of aliphatic hydroxyl groups is 2. The predicted molar refractivity (Wildman–Crippen MR) is 129 cm³/mol. The first kappa shape index (κ1) is 21.0. The molecule has 2 bridgehead atoms. The van der Waals surface area contributed by atoms with Crippen molar-refractivity contribution in [2.45, 2.75) is 68.5 Å². The number of nitrogens with zero attached hydrogens (tertiary/aromatic N) is 3. The maximum Gasteiger partial charge on any atom is 0.112 e. The van der Waals surface area contributed by atoms with Gasteiger partial charge in [-0.25, -0.2) is 0 Å². The van der Waals surface area contributed by atoms with Crippen LogP contribution in [0.5, 0.6) is 0 Å². The molecule has 7 rings (SSSR count). The third-order valence-electron chi connectivity index (χ3n) is 9.73. The van der Waals surface area contributed by atoms with Crippen LogP contribution < -0.4 is 0 Å². The number of hydrogen-bond acceptors (Lipinski definition) is 6. The molecule has 7 nitrogen and oxygen atoms in total. The van der Waals surface area contributed by atoms with Gasteiger partial charge in [-0.2, -0.15) is 0 Å². The Hall–Kier alpha value is -2.32. The zero-order valence-electron chi connectivity index (χ0n) is 20.0. The lowest BCUT2D eigenvalue weighted by Crippen LogP contribution is -2.61. The number of likely N-dealkylation sites (N-methyl/N-ethyl adjacent to an activating group) is 1. The zero-order valence-corrected chi connectivity index (χ0v) is 20.0. The maximum absolute atomic E-state index is 11.1. The van der Waals surface area contributed by atoms with Gasteiger partial charge in [-0.1, -0.05) is 36.4 Å². The summed E-state index contributed by atoms with van der Waals surface area (Å²) in [6.07, 6.45) is 9.71. The first-order chi connectivity index (χ1) is 16.3. The molecule has 0 amide bonds. The van der Waals surface area contributed by atoms with E-state index in [1.54, 1.807) is 0 Å². The molecular formula is C27H32N4O3. The number of ether oxygens (including phenoxy) is 1. The third kappa shape index (κ3) is 2.46. The molecule has 2 spiro atoms. The summed E-state index contributed by atoms with van der Waals surface area (Å²) in [4.78, 5) is 2.03. The number of nitrogens with one attached hydrogen (secondary N) is 1. The van der Waals surface area contributed by atoms with Crippen molar-refractivity contribution in [3.05, 3.63) is 53.1 Å². The molecular weight excluding hydrogens is 428 g/mol. The van der Waals surface area contributed by atoms with Crippen LogP contribution in [0.3, 0.4) is 0 Å². The van der Waals surface area contributed by atoms with E-state index in [2.05, 4.69) is 52.7 Å². The van der Waals surface area contributed by atoms with Gasteiger partial charge in [0.2, 0.25) is 0 Å². The molecule has 1 unspecified atom stereocenters. The highest BCUT2D eigenvalue weighted by atomic mass is 16.5. The van der Waals surface area contributed by atoms with E-state index in [1.165, 1.54) is 16.7 Å². The molecule has 2 fully saturated rings. The lowest BCUT2D eigenvalue weighted by molar-refractivity contribution is -0.161. The van der Waals surface area contributed by atoms with Gasteiger partial charge in [0, 0.05) is 17.4 Å². The van der Waals surface area contributed by atoms with E-state index in [0.29, 0.717) is 12.3 Å². The van der Waals surface area contributed by atoms with Crippen LogP contribution in [0, 0.1) is 11.3 Å². The van der Waals surface area contributed by atoms with Crippen molar-refractivity contribution in [2.24, 2.45) is 11.3 Å². The Kier molecular flexibility index (Phi) is 4.12. The summed E-state index contributed by atoms with van der Waals surface area (Å²) in [7, 11) is 3.95. The van der Waals surface area contributed by atoms with E-state index in [9.17, 15) is 10.2 Å². The second-order valence-electron chi connectivity index (χ2n) is 11.5. The highest BCUT2D eigenvalue weighted by Gasteiger charge is 2.67. The van der Waals surface area contributed by atoms with Gasteiger partial charge in [0.1, 0.15) is 11.6 Å². The number of H-pyrrole nitrogens is 1. The molecule has 2 aromatic rings. The molecule has 1 aromatic carbocycles. The summed E-state index contributed by atoms with van der Waals surface area (Å²) in [5.41, 5.74) is 5.66. The normalized spacial score (nSPS) is 42.7. The van der Waals surface area contributed by atoms with Crippen LogP contribution in [0.2, 0.25) is 0 Å². The lowest BCUT2D eigenvalue weighted by Gasteiger charge is -2.55. The SMILES string of the molecule is CN(C)[C@H]1C[C@@]23CC[C@@]4(O2)C(=CC[C@]2(C)C(c5ccc6nn[nH]c6c5)=CCC24)C=C3[C@@H](O)[C@@H]1O. The van der Waals surface area contributed by atoms with Gasteiger partial charge in [-0.15, -0.1) is 5.10 Å². The first-order valence-corrected chi connectivity index (χ1v) is 12.4. The monoisotopic (exact) mass is 460 g/mol. The molecule has 34 heavy (non-hydrogen) atoms. The van der Waals surface area contributed by atoms with E-state index >= 15 is 0 Å². The smallest absolute Gasteiger partial charge is 0.112 e. The summed E-state index contributed by atoms with van der Waals surface area (Å²) in [5, 5.41) is 33.1. The van der Waals surface area contributed by atoms with Crippen molar-refractivity contribution in [3.8, 4) is 0 Å². The highest BCUT2D eigenvalue weighted by molar-refractivity contribution is 5.82. The van der Waals surface area contributed by atoms with Crippen molar-refractivity contribution in [1.29, 1.82) is 0 Å². The van der Waals surface area contributed by atoms with Crippen molar-refractivity contribution in [2.75, 3.05) is 14.1 Å². The molecule has 5 aliphatic rings. The van der Waals surface area contributed by atoms with E-state index in [1.807, 2.05) is 25.1 Å². The fraction of sp³-hybridized carbons (Fsp3) is 0.556. The standard InChI is InChI=1S/C27H32N4O3/c1-25-9-8-16-13-18-23(32)24(33)21(31(2)3)14-26(18)10-11-27(16,34-26)22(25)7-5-17(25)15-4-6-19-20(12-15)29-30-28-19/h4-6,8,12-13,21-24,32-33H,7,9-11,14H2,1-3H3,(H,28,29,30)/t21-,22?,23+,24+,25+,26+,27+/m0/s1. The number of fused-ring (bicyclic) bond motifs is 2. The predicted octanol–water partition coefficient (Wildman–Crippen LogP) is 2.98. The maximum atomic E-state index is 11.1. The van der Waals surface area contributed by atoms with Gasteiger partial charge in [0.25, 0.3) is 0 Å². The van der Waals surface area contributed by atoms with Crippen LogP contribution in [0.1, 0.15) is 44.6 Å². The molecule has 178 valence electrons. The molecule has 7 atom stereocenters. The second kappa shape index (κ2) is 6.66. The van der Waals surface area contributed by atoms with Crippen molar-refractivity contribution < 1.29 is 14.9 Å². The number of aromatic nitrogens is 3.